The molecule has 0 radical (unpaired) electrons. The van der Waals surface area contributed by atoms with Gasteiger partial charge in [0, 0.05) is 5.56 Å². The summed E-state index contributed by atoms with van der Waals surface area (Å²) < 4.78 is 14.2. The van der Waals surface area contributed by atoms with E-state index in [1.165, 1.54) is 46.6 Å². The van der Waals surface area contributed by atoms with Crippen LogP contribution in [0.5, 0.6) is 0 Å². The van der Waals surface area contributed by atoms with E-state index in [1.807, 2.05) is 43.3 Å². The van der Waals surface area contributed by atoms with E-state index in [-0.39, 0.29) is 17.5 Å². The molecule has 33 heavy (non-hydrogen) atoms. The SMILES string of the molecule is Cc1nc(-c2ccc(F)cc2)sc1-c1ccc(SCC(=O)Nc2nc3ccccc3s2)nn1. The number of thiazole rings is 2. The average molecular weight is 494 g/mol. The predicted molar refractivity (Wildman–Crippen MR) is 132 cm³/mol. The first-order chi connectivity index (χ1) is 16.0. The number of aromatic nitrogens is 4. The highest BCUT2D eigenvalue weighted by Gasteiger charge is 2.14. The standard InChI is InChI=1S/C23H16FN5OS3/c1-13-21(33-22(25-13)14-6-8-15(24)9-7-14)17-10-11-20(29-28-17)31-12-19(30)27-23-26-16-4-2-3-5-18(16)32-23/h2-11H,12H2,1H3,(H,26,27,30). The smallest absolute Gasteiger partial charge is 0.236 e. The third-order valence-electron chi connectivity index (χ3n) is 4.65. The molecular formula is C23H16FN5OS3. The van der Waals surface area contributed by atoms with Crippen LogP contribution in [-0.2, 0) is 4.79 Å². The van der Waals surface area contributed by atoms with Gasteiger partial charge < -0.3 is 5.32 Å². The van der Waals surface area contributed by atoms with Crippen molar-refractivity contribution in [2.24, 2.45) is 0 Å². The van der Waals surface area contributed by atoms with Crippen molar-refractivity contribution in [3.8, 4) is 21.1 Å². The quantitative estimate of drug-likeness (QED) is 0.290. The van der Waals surface area contributed by atoms with E-state index in [4.69, 9.17) is 0 Å². The molecule has 3 aromatic heterocycles. The Morgan fingerprint density at radius 3 is 2.58 bits per heavy atom. The van der Waals surface area contributed by atoms with E-state index in [0.717, 1.165) is 31.4 Å². The number of carbonyl (C=O) groups excluding carboxylic acids is 1. The second-order valence-electron chi connectivity index (χ2n) is 7.02. The Balaban J connectivity index is 1.22. The molecule has 0 saturated heterocycles. The molecular weight excluding hydrogens is 477 g/mol. The Hall–Kier alpha value is -3.21. The number of nitrogens with zero attached hydrogens (tertiary/aromatic N) is 4. The number of para-hydroxylation sites is 1. The summed E-state index contributed by atoms with van der Waals surface area (Å²) in [6, 6.07) is 17.7. The highest BCUT2D eigenvalue weighted by molar-refractivity contribution is 7.99. The zero-order valence-corrected chi connectivity index (χ0v) is 19.7. The van der Waals surface area contributed by atoms with Crippen molar-refractivity contribution in [3.63, 3.8) is 0 Å². The number of hydrogen-bond donors (Lipinski definition) is 1. The number of amides is 1. The molecule has 0 saturated carbocycles. The largest absolute Gasteiger partial charge is 0.301 e. The first-order valence-corrected chi connectivity index (χ1v) is 12.5. The fourth-order valence-corrected chi connectivity index (χ4v) is 5.62. The lowest BCUT2D eigenvalue weighted by atomic mass is 10.2. The van der Waals surface area contributed by atoms with Crippen molar-refractivity contribution in [2.45, 2.75) is 11.9 Å². The van der Waals surface area contributed by atoms with Crippen LogP contribution in [0.1, 0.15) is 5.69 Å². The van der Waals surface area contributed by atoms with Gasteiger partial charge >= 0.3 is 0 Å². The highest BCUT2D eigenvalue weighted by Crippen LogP contribution is 2.34. The number of aryl methyl sites for hydroxylation is 1. The minimum Gasteiger partial charge on any atom is -0.301 e. The lowest BCUT2D eigenvalue weighted by Crippen LogP contribution is -2.13. The zero-order valence-electron chi connectivity index (χ0n) is 17.3. The first kappa shape index (κ1) is 21.6. The Labute approximate surface area is 201 Å². The second kappa shape index (κ2) is 9.34. The number of anilines is 1. The molecule has 1 amide bonds. The maximum absolute atomic E-state index is 13.2. The topological polar surface area (TPSA) is 80.7 Å². The number of nitrogens with one attached hydrogen (secondary N) is 1. The van der Waals surface area contributed by atoms with Gasteiger partial charge in [0.2, 0.25) is 5.91 Å². The molecule has 2 aromatic carbocycles. The maximum Gasteiger partial charge on any atom is 0.236 e. The van der Waals surface area contributed by atoms with Crippen LogP contribution in [0.4, 0.5) is 9.52 Å². The molecule has 5 aromatic rings. The van der Waals surface area contributed by atoms with Gasteiger partial charge in [0.1, 0.15) is 21.5 Å². The van der Waals surface area contributed by atoms with Crippen molar-refractivity contribution in [1.29, 1.82) is 0 Å². The van der Waals surface area contributed by atoms with Crippen molar-refractivity contribution >= 4 is 55.7 Å². The average Bonchev–Trinajstić information content (AvgIpc) is 3.41. The summed E-state index contributed by atoms with van der Waals surface area (Å²) in [4.78, 5) is 22.2. The second-order valence-corrected chi connectivity index (χ2v) is 10.0. The normalized spacial score (nSPS) is 11.1. The fourth-order valence-electron chi connectivity index (χ4n) is 3.09. The van der Waals surface area contributed by atoms with E-state index in [1.54, 1.807) is 12.1 Å². The Bertz CT molecular complexity index is 1400. The molecule has 0 unspecified atom stereocenters. The molecule has 164 valence electrons. The fraction of sp³-hybridized carbons (Fsp3) is 0.0870. The molecule has 6 nitrogen and oxygen atoms in total. The summed E-state index contributed by atoms with van der Waals surface area (Å²) in [5.41, 5.74) is 3.27. The first-order valence-electron chi connectivity index (χ1n) is 9.91. The number of halogens is 1. The van der Waals surface area contributed by atoms with Crippen LogP contribution in [-0.4, -0.2) is 31.8 Å². The third kappa shape index (κ3) is 4.92. The van der Waals surface area contributed by atoms with Crippen LogP contribution in [0.3, 0.4) is 0 Å². The van der Waals surface area contributed by atoms with Gasteiger partial charge in [0.05, 0.1) is 26.5 Å². The molecule has 0 aliphatic carbocycles. The van der Waals surface area contributed by atoms with E-state index in [0.29, 0.717) is 15.9 Å². The van der Waals surface area contributed by atoms with Gasteiger partial charge in [-0.2, -0.15) is 0 Å². The summed E-state index contributed by atoms with van der Waals surface area (Å²) >= 11 is 4.24. The number of carbonyl (C=O) groups is 1. The monoisotopic (exact) mass is 493 g/mol. The van der Waals surface area contributed by atoms with Crippen LogP contribution in [0.15, 0.2) is 65.7 Å². The zero-order chi connectivity index (χ0) is 22.8. The molecule has 1 N–H and O–H groups in total. The highest BCUT2D eigenvalue weighted by atomic mass is 32.2. The van der Waals surface area contributed by atoms with Crippen LogP contribution >= 0.6 is 34.4 Å². The van der Waals surface area contributed by atoms with Crippen molar-refractivity contribution < 1.29 is 9.18 Å². The van der Waals surface area contributed by atoms with Gasteiger partial charge in [-0.1, -0.05) is 35.2 Å². The van der Waals surface area contributed by atoms with Crippen LogP contribution in [0, 0.1) is 12.7 Å². The molecule has 0 aliphatic rings. The summed E-state index contributed by atoms with van der Waals surface area (Å²) in [5, 5.41) is 13.4. The van der Waals surface area contributed by atoms with E-state index >= 15 is 0 Å². The lowest BCUT2D eigenvalue weighted by molar-refractivity contribution is -0.113. The van der Waals surface area contributed by atoms with Gasteiger partial charge in [-0.05, 0) is 55.5 Å². The van der Waals surface area contributed by atoms with Crippen molar-refractivity contribution in [2.75, 3.05) is 11.1 Å². The summed E-state index contributed by atoms with van der Waals surface area (Å²) in [7, 11) is 0. The van der Waals surface area contributed by atoms with Crippen LogP contribution in [0.2, 0.25) is 0 Å². The number of hydrogen-bond acceptors (Lipinski definition) is 8. The molecule has 0 spiro atoms. The van der Waals surface area contributed by atoms with Gasteiger partial charge in [-0.15, -0.1) is 21.5 Å². The Kier molecular flexibility index (Phi) is 6.12. The van der Waals surface area contributed by atoms with Gasteiger partial charge in [-0.25, -0.2) is 14.4 Å². The van der Waals surface area contributed by atoms with E-state index < -0.39 is 0 Å². The van der Waals surface area contributed by atoms with Gasteiger partial charge in [-0.3, -0.25) is 4.79 Å². The summed E-state index contributed by atoms with van der Waals surface area (Å²) in [5.74, 6) is -0.217. The minimum atomic E-state index is -0.278. The molecule has 0 aliphatic heterocycles. The predicted octanol–water partition coefficient (Wildman–Crippen LogP) is 6.06. The molecule has 0 fully saturated rings. The lowest BCUT2D eigenvalue weighted by Gasteiger charge is -2.02. The van der Waals surface area contributed by atoms with Crippen LogP contribution < -0.4 is 5.32 Å². The number of rotatable bonds is 6. The molecule has 3 heterocycles. The minimum absolute atomic E-state index is 0.146. The van der Waals surface area contributed by atoms with Gasteiger partial charge in [0.15, 0.2) is 5.13 Å². The number of thioether (sulfide) groups is 1. The van der Waals surface area contributed by atoms with Crippen LogP contribution in [0.25, 0.3) is 31.4 Å². The summed E-state index contributed by atoms with van der Waals surface area (Å²) in [6.07, 6.45) is 0. The maximum atomic E-state index is 13.2. The number of benzene rings is 2. The molecule has 10 heteroatoms. The number of fused-ring (bicyclic) bond motifs is 1. The van der Waals surface area contributed by atoms with E-state index in [9.17, 15) is 9.18 Å². The summed E-state index contributed by atoms with van der Waals surface area (Å²) in [6.45, 7) is 1.91. The van der Waals surface area contributed by atoms with Crippen molar-refractivity contribution in [3.05, 3.63) is 72.2 Å². The third-order valence-corrected chi connectivity index (χ3v) is 7.75. The Morgan fingerprint density at radius 1 is 1.00 bits per heavy atom. The molecule has 5 rings (SSSR count). The van der Waals surface area contributed by atoms with Gasteiger partial charge in [0.25, 0.3) is 0 Å². The Morgan fingerprint density at radius 2 is 1.82 bits per heavy atom. The van der Waals surface area contributed by atoms with E-state index in [2.05, 4.69) is 25.5 Å². The van der Waals surface area contributed by atoms with Crippen molar-refractivity contribution in [1.82, 2.24) is 20.2 Å². The molecule has 0 bridgehead atoms. The molecule has 0 atom stereocenters.